The van der Waals surface area contributed by atoms with Gasteiger partial charge in [0.1, 0.15) is 5.75 Å². The largest absolute Gasteiger partial charge is 0.496 e. The van der Waals surface area contributed by atoms with E-state index >= 15 is 0 Å². The second-order valence-corrected chi connectivity index (χ2v) is 8.55. The Morgan fingerprint density at radius 2 is 1.75 bits per heavy atom. The molecule has 0 saturated carbocycles. The highest BCUT2D eigenvalue weighted by molar-refractivity contribution is 7.89. The zero-order chi connectivity index (χ0) is 20.9. The van der Waals surface area contributed by atoms with Gasteiger partial charge in [-0.15, -0.1) is 0 Å². The van der Waals surface area contributed by atoms with Crippen LogP contribution in [0, 0.1) is 0 Å². The van der Waals surface area contributed by atoms with Crippen molar-refractivity contribution in [3.05, 3.63) is 58.6 Å². The van der Waals surface area contributed by atoms with Crippen LogP contribution >= 0.6 is 11.6 Å². The van der Waals surface area contributed by atoms with Gasteiger partial charge in [0.05, 0.1) is 22.6 Å². The number of rotatable bonds is 8. The van der Waals surface area contributed by atoms with Crippen molar-refractivity contribution in [3.8, 4) is 5.75 Å². The number of nitrogens with zero attached hydrogens (tertiary/aromatic N) is 2. The van der Waals surface area contributed by atoms with Crippen LogP contribution in [0.2, 0.25) is 5.02 Å². The molecule has 0 atom stereocenters. The molecule has 0 radical (unpaired) electrons. The molecule has 1 amide bonds. The fraction of sp³-hybridized carbons (Fsp3) is 0.350. The Bertz CT molecular complexity index is 943. The number of benzene rings is 2. The van der Waals surface area contributed by atoms with Gasteiger partial charge in [-0.3, -0.25) is 4.79 Å². The zero-order valence-electron chi connectivity index (χ0n) is 16.5. The van der Waals surface area contributed by atoms with Gasteiger partial charge in [-0.05, 0) is 24.3 Å². The van der Waals surface area contributed by atoms with Crippen molar-refractivity contribution >= 4 is 27.5 Å². The molecule has 0 heterocycles. The van der Waals surface area contributed by atoms with Gasteiger partial charge < -0.3 is 9.64 Å². The minimum Gasteiger partial charge on any atom is -0.496 e. The fourth-order valence-corrected chi connectivity index (χ4v) is 4.59. The van der Waals surface area contributed by atoms with Crippen molar-refractivity contribution in [3.63, 3.8) is 0 Å². The van der Waals surface area contributed by atoms with Gasteiger partial charge in [-0.25, -0.2) is 8.42 Å². The first-order chi connectivity index (χ1) is 13.3. The van der Waals surface area contributed by atoms with Crippen LogP contribution < -0.4 is 4.74 Å². The normalized spacial score (nSPS) is 11.5. The van der Waals surface area contributed by atoms with Crippen molar-refractivity contribution in [2.75, 3.05) is 27.2 Å². The Labute approximate surface area is 171 Å². The molecule has 0 saturated heterocycles. The number of ether oxygens (including phenoxy) is 1. The van der Waals surface area contributed by atoms with Gasteiger partial charge in [0.25, 0.3) is 5.91 Å². The van der Waals surface area contributed by atoms with Crippen LogP contribution in [0.5, 0.6) is 5.75 Å². The van der Waals surface area contributed by atoms with E-state index in [4.69, 9.17) is 16.3 Å². The summed E-state index contributed by atoms with van der Waals surface area (Å²) in [4.78, 5) is 14.5. The smallest absolute Gasteiger partial charge is 0.255 e. The van der Waals surface area contributed by atoms with Gasteiger partial charge in [-0.1, -0.05) is 43.6 Å². The van der Waals surface area contributed by atoms with Crippen LogP contribution in [0.4, 0.5) is 0 Å². The van der Waals surface area contributed by atoms with E-state index in [-0.39, 0.29) is 21.4 Å². The number of hydrogen-bond donors (Lipinski definition) is 0. The van der Waals surface area contributed by atoms with Crippen molar-refractivity contribution in [2.24, 2.45) is 0 Å². The lowest BCUT2D eigenvalue weighted by atomic mass is 10.1. The zero-order valence-corrected chi connectivity index (χ0v) is 18.0. The molecule has 2 rings (SSSR count). The number of carbonyl (C=O) groups is 1. The van der Waals surface area contributed by atoms with E-state index in [1.807, 2.05) is 24.3 Å². The molecular weight excluding hydrogens is 400 g/mol. The average molecular weight is 425 g/mol. The number of para-hydroxylation sites is 1. The highest BCUT2D eigenvalue weighted by Gasteiger charge is 2.25. The topological polar surface area (TPSA) is 66.9 Å². The summed E-state index contributed by atoms with van der Waals surface area (Å²) in [5.74, 6) is 0.304. The second kappa shape index (κ2) is 9.41. The van der Waals surface area contributed by atoms with Crippen LogP contribution in [0.25, 0.3) is 0 Å². The molecule has 0 aromatic heterocycles. The highest BCUT2D eigenvalue weighted by Crippen LogP contribution is 2.25. The van der Waals surface area contributed by atoms with Crippen LogP contribution in [-0.4, -0.2) is 50.8 Å². The molecule has 0 aliphatic rings. The molecule has 28 heavy (non-hydrogen) atoms. The fourth-order valence-electron chi connectivity index (χ4n) is 2.91. The first-order valence-electron chi connectivity index (χ1n) is 8.93. The van der Waals surface area contributed by atoms with Gasteiger partial charge in [0.15, 0.2) is 0 Å². The summed E-state index contributed by atoms with van der Waals surface area (Å²) in [6.07, 6.45) is 0. The van der Waals surface area contributed by atoms with Crippen molar-refractivity contribution in [1.29, 1.82) is 0 Å². The summed E-state index contributed by atoms with van der Waals surface area (Å²) in [7, 11) is -0.481. The van der Waals surface area contributed by atoms with Crippen LogP contribution in [0.15, 0.2) is 47.4 Å². The number of carbonyl (C=O) groups excluding carboxylic acids is 1. The minimum absolute atomic E-state index is 0.0506. The summed E-state index contributed by atoms with van der Waals surface area (Å²) in [6.45, 7) is 4.52. The Balaban J connectivity index is 2.35. The van der Waals surface area contributed by atoms with E-state index in [1.54, 1.807) is 28.0 Å². The lowest BCUT2D eigenvalue weighted by Gasteiger charge is -2.21. The summed E-state index contributed by atoms with van der Waals surface area (Å²) in [5.41, 5.74) is 0.983. The predicted octanol–water partition coefficient (Wildman–Crippen LogP) is 3.65. The first kappa shape index (κ1) is 22.2. The molecule has 152 valence electrons. The molecule has 6 nitrogen and oxygen atoms in total. The number of halogens is 1. The molecule has 0 unspecified atom stereocenters. The Hall–Kier alpha value is -2.09. The van der Waals surface area contributed by atoms with Crippen molar-refractivity contribution < 1.29 is 17.9 Å². The molecule has 0 N–H and O–H groups in total. The number of amides is 1. The van der Waals surface area contributed by atoms with Gasteiger partial charge >= 0.3 is 0 Å². The lowest BCUT2D eigenvalue weighted by molar-refractivity contribution is 0.0784. The quantitative estimate of drug-likeness (QED) is 0.648. The third kappa shape index (κ3) is 4.66. The average Bonchev–Trinajstić information content (AvgIpc) is 2.68. The molecule has 0 aliphatic carbocycles. The number of sulfonamides is 1. The summed E-state index contributed by atoms with van der Waals surface area (Å²) in [5, 5.41) is 0.204. The third-order valence-corrected chi connectivity index (χ3v) is 6.83. The monoisotopic (exact) mass is 424 g/mol. The molecule has 0 aliphatic heterocycles. The molecule has 0 spiro atoms. The molecule has 0 bridgehead atoms. The lowest BCUT2D eigenvalue weighted by Crippen LogP contribution is -2.31. The molecule has 2 aromatic carbocycles. The summed E-state index contributed by atoms with van der Waals surface area (Å²) >= 11 is 6.21. The van der Waals surface area contributed by atoms with Gasteiger partial charge in [-0.2, -0.15) is 4.31 Å². The van der Waals surface area contributed by atoms with Crippen LogP contribution in [-0.2, 0) is 16.6 Å². The van der Waals surface area contributed by atoms with Crippen molar-refractivity contribution in [1.82, 2.24) is 9.21 Å². The second-order valence-electron chi connectivity index (χ2n) is 6.20. The number of hydrogen-bond acceptors (Lipinski definition) is 4. The Kier molecular flexibility index (Phi) is 7.46. The highest BCUT2D eigenvalue weighted by atomic mass is 35.5. The van der Waals surface area contributed by atoms with E-state index in [2.05, 4.69) is 0 Å². The third-order valence-electron chi connectivity index (χ3n) is 4.46. The summed E-state index contributed by atoms with van der Waals surface area (Å²) < 4.78 is 32.2. The van der Waals surface area contributed by atoms with Crippen LogP contribution in [0.1, 0.15) is 29.8 Å². The molecular formula is C20H25ClN2O4S. The van der Waals surface area contributed by atoms with E-state index in [1.165, 1.54) is 27.4 Å². The maximum Gasteiger partial charge on any atom is 0.255 e. The Morgan fingerprint density at radius 1 is 1.11 bits per heavy atom. The number of methoxy groups -OCH3 is 1. The van der Waals surface area contributed by atoms with E-state index < -0.39 is 10.0 Å². The van der Waals surface area contributed by atoms with Crippen LogP contribution in [0.3, 0.4) is 0 Å². The van der Waals surface area contributed by atoms with Gasteiger partial charge in [0.2, 0.25) is 10.0 Å². The maximum atomic E-state index is 12.9. The van der Waals surface area contributed by atoms with E-state index in [9.17, 15) is 13.2 Å². The molecule has 8 heteroatoms. The first-order valence-corrected chi connectivity index (χ1v) is 10.7. The maximum absolute atomic E-state index is 12.9. The summed E-state index contributed by atoms with van der Waals surface area (Å²) in [6, 6.07) is 11.6. The standard InChI is InChI=1S/C20H25ClN2O4S/c1-5-23(6-2)28(25,26)16-11-12-18(21)17(13-16)20(24)22(3)14-15-9-7-8-10-19(15)27-4/h7-13H,5-6,14H2,1-4H3. The van der Waals surface area contributed by atoms with Gasteiger partial charge in [0, 0.05) is 32.2 Å². The van der Waals surface area contributed by atoms with Crippen molar-refractivity contribution in [2.45, 2.75) is 25.3 Å². The Morgan fingerprint density at radius 3 is 2.36 bits per heavy atom. The van der Waals surface area contributed by atoms with E-state index in [0.717, 1.165) is 5.56 Å². The van der Waals surface area contributed by atoms with E-state index in [0.29, 0.717) is 25.4 Å². The molecule has 0 fully saturated rings. The minimum atomic E-state index is -3.69. The SMILES string of the molecule is CCN(CC)S(=O)(=O)c1ccc(Cl)c(C(=O)N(C)Cc2ccccc2OC)c1. The predicted molar refractivity (Wildman–Crippen MR) is 110 cm³/mol. The molecule has 2 aromatic rings.